The van der Waals surface area contributed by atoms with E-state index in [2.05, 4.69) is 94.2 Å². The summed E-state index contributed by atoms with van der Waals surface area (Å²) in [6.07, 6.45) is 4.78. The molecule has 0 atom stereocenters. The van der Waals surface area contributed by atoms with E-state index in [1.165, 1.54) is 27.7 Å². The van der Waals surface area contributed by atoms with E-state index in [4.69, 9.17) is 0 Å². The first-order valence-corrected chi connectivity index (χ1v) is 13.9. The number of imidazole rings is 1. The Balaban J connectivity index is 1.18. The van der Waals surface area contributed by atoms with Crippen molar-refractivity contribution in [2.75, 3.05) is 33.2 Å². The molecule has 0 amide bonds. The Morgan fingerprint density at radius 1 is 0.868 bits per heavy atom. The zero-order valence-electron chi connectivity index (χ0n) is 23.2. The number of likely N-dealkylation sites (N-methyl/N-ethyl adjacent to an activating group) is 1. The zero-order valence-corrected chi connectivity index (χ0v) is 23.2. The number of carbonyl (C=O) groups is 1. The molecule has 4 heterocycles. The van der Waals surface area contributed by atoms with Crippen molar-refractivity contribution in [2.45, 2.75) is 58.7 Å². The molecule has 6 nitrogen and oxygen atoms in total. The Labute approximate surface area is 225 Å². The lowest BCUT2D eigenvalue weighted by molar-refractivity contribution is -0.117. The summed E-state index contributed by atoms with van der Waals surface area (Å²) in [5, 5.41) is 1.22. The number of ketones is 1. The van der Waals surface area contributed by atoms with Crippen molar-refractivity contribution in [1.29, 1.82) is 0 Å². The van der Waals surface area contributed by atoms with E-state index in [1.807, 2.05) is 12.5 Å². The van der Waals surface area contributed by atoms with Crippen LogP contribution in [0.4, 0.5) is 0 Å². The van der Waals surface area contributed by atoms with E-state index >= 15 is 0 Å². The second kappa shape index (κ2) is 9.83. The summed E-state index contributed by atoms with van der Waals surface area (Å²) in [4.78, 5) is 22.5. The first-order valence-electron chi connectivity index (χ1n) is 13.9. The SMILES string of the molecule is CN1CCN(Cc2ccc(CC(=O)Cc3ccc4cc5n(c4c3)CCn3cncc3-5)cc2C(C)(C)C)CC1. The van der Waals surface area contributed by atoms with Crippen molar-refractivity contribution < 1.29 is 4.79 Å². The van der Waals surface area contributed by atoms with Crippen molar-refractivity contribution >= 4 is 16.7 Å². The van der Waals surface area contributed by atoms with Crippen LogP contribution >= 0.6 is 0 Å². The van der Waals surface area contributed by atoms with Gasteiger partial charge in [0.1, 0.15) is 5.78 Å². The Kier molecular flexibility index (Phi) is 6.48. The number of piperazine rings is 1. The third-order valence-corrected chi connectivity index (χ3v) is 8.28. The Morgan fingerprint density at radius 3 is 2.37 bits per heavy atom. The maximum Gasteiger partial charge on any atom is 0.141 e. The van der Waals surface area contributed by atoms with Gasteiger partial charge in [0.2, 0.25) is 0 Å². The molecule has 2 aliphatic rings. The summed E-state index contributed by atoms with van der Waals surface area (Å²) in [6, 6.07) is 15.5. The average molecular weight is 510 g/mol. The fraction of sp³-hybridized carbons (Fsp3) is 0.438. The molecule has 2 aliphatic heterocycles. The van der Waals surface area contributed by atoms with Crippen LogP contribution in [0.1, 0.15) is 43.0 Å². The van der Waals surface area contributed by atoms with Crippen LogP contribution in [0, 0.1) is 0 Å². The molecule has 4 aromatic rings. The van der Waals surface area contributed by atoms with Crippen molar-refractivity contribution in [1.82, 2.24) is 23.9 Å². The fourth-order valence-corrected chi connectivity index (χ4v) is 6.12. The number of carbonyl (C=O) groups excluding carboxylic acids is 1. The van der Waals surface area contributed by atoms with Gasteiger partial charge in [0.25, 0.3) is 0 Å². The molecule has 198 valence electrons. The number of aryl methyl sites for hydroxylation is 2. The summed E-state index contributed by atoms with van der Waals surface area (Å²) in [5.41, 5.74) is 8.58. The van der Waals surface area contributed by atoms with Crippen LogP contribution in [-0.4, -0.2) is 62.9 Å². The Morgan fingerprint density at radius 2 is 1.61 bits per heavy atom. The van der Waals surface area contributed by atoms with E-state index in [-0.39, 0.29) is 11.2 Å². The molecule has 38 heavy (non-hydrogen) atoms. The third kappa shape index (κ3) is 4.95. The van der Waals surface area contributed by atoms with E-state index < -0.39 is 0 Å². The Hall–Kier alpha value is -3.22. The smallest absolute Gasteiger partial charge is 0.141 e. The number of benzene rings is 2. The lowest BCUT2D eigenvalue weighted by Gasteiger charge is -2.34. The third-order valence-electron chi connectivity index (χ3n) is 8.28. The van der Waals surface area contributed by atoms with Gasteiger partial charge in [0.15, 0.2) is 0 Å². The summed E-state index contributed by atoms with van der Waals surface area (Å²) in [5.74, 6) is 0.263. The van der Waals surface area contributed by atoms with Crippen LogP contribution in [0.5, 0.6) is 0 Å². The number of rotatable bonds is 6. The van der Waals surface area contributed by atoms with Gasteiger partial charge in [0.05, 0.1) is 23.9 Å². The summed E-state index contributed by atoms with van der Waals surface area (Å²) in [6.45, 7) is 14.1. The molecular formula is C32H39N5O. The van der Waals surface area contributed by atoms with Crippen LogP contribution in [0.15, 0.2) is 55.0 Å². The molecule has 0 saturated carbocycles. The number of nitrogens with zero attached hydrogens (tertiary/aromatic N) is 5. The van der Waals surface area contributed by atoms with Gasteiger partial charge in [-0.25, -0.2) is 4.98 Å². The van der Waals surface area contributed by atoms with E-state index in [9.17, 15) is 4.79 Å². The minimum atomic E-state index is 0.0372. The van der Waals surface area contributed by atoms with Gasteiger partial charge < -0.3 is 14.0 Å². The highest BCUT2D eigenvalue weighted by Gasteiger charge is 2.23. The van der Waals surface area contributed by atoms with Gasteiger partial charge in [-0.05, 0) is 46.8 Å². The molecule has 6 heteroatoms. The summed E-state index contributed by atoms with van der Waals surface area (Å²) < 4.78 is 4.58. The highest BCUT2D eigenvalue weighted by molar-refractivity contribution is 5.89. The maximum absolute atomic E-state index is 13.2. The zero-order chi connectivity index (χ0) is 26.4. The minimum Gasteiger partial charge on any atom is -0.337 e. The molecule has 0 unspecified atom stereocenters. The minimum absolute atomic E-state index is 0.0372. The van der Waals surface area contributed by atoms with Gasteiger partial charge in [0, 0.05) is 69.6 Å². The molecule has 0 aliphatic carbocycles. The van der Waals surface area contributed by atoms with E-state index in [0.29, 0.717) is 12.8 Å². The molecule has 0 spiro atoms. The fourth-order valence-electron chi connectivity index (χ4n) is 6.12. The number of Topliss-reactive ketones (excluding diaryl/α,β-unsaturated/α-hetero) is 1. The van der Waals surface area contributed by atoms with Crippen LogP contribution < -0.4 is 0 Å². The molecule has 0 bridgehead atoms. The predicted molar refractivity (Wildman–Crippen MR) is 153 cm³/mol. The van der Waals surface area contributed by atoms with Crippen LogP contribution in [-0.2, 0) is 42.7 Å². The van der Waals surface area contributed by atoms with E-state index in [0.717, 1.165) is 62.6 Å². The molecule has 1 saturated heterocycles. The Bertz CT molecular complexity index is 1480. The monoisotopic (exact) mass is 509 g/mol. The largest absolute Gasteiger partial charge is 0.337 e. The molecule has 2 aromatic carbocycles. The van der Waals surface area contributed by atoms with Crippen molar-refractivity contribution in [3.05, 3.63) is 77.2 Å². The molecule has 0 N–H and O–H groups in total. The van der Waals surface area contributed by atoms with Crippen LogP contribution in [0.2, 0.25) is 0 Å². The predicted octanol–water partition coefficient (Wildman–Crippen LogP) is 4.92. The summed E-state index contributed by atoms with van der Waals surface area (Å²) in [7, 11) is 2.20. The van der Waals surface area contributed by atoms with Gasteiger partial charge in [-0.2, -0.15) is 0 Å². The highest BCUT2D eigenvalue weighted by atomic mass is 16.1. The van der Waals surface area contributed by atoms with Crippen molar-refractivity contribution in [3.8, 4) is 11.4 Å². The van der Waals surface area contributed by atoms with Gasteiger partial charge in [-0.1, -0.05) is 51.1 Å². The first-order chi connectivity index (χ1) is 18.2. The van der Waals surface area contributed by atoms with Crippen molar-refractivity contribution in [3.63, 3.8) is 0 Å². The lowest BCUT2D eigenvalue weighted by Crippen LogP contribution is -2.44. The topological polar surface area (TPSA) is 46.3 Å². The first kappa shape index (κ1) is 25.1. The molecular weight excluding hydrogens is 470 g/mol. The number of hydrogen-bond donors (Lipinski definition) is 0. The van der Waals surface area contributed by atoms with Gasteiger partial charge in [-0.15, -0.1) is 0 Å². The van der Waals surface area contributed by atoms with E-state index in [1.54, 1.807) is 0 Å². The molecule has 6 rings (SSSR count). The standard InChI is InChI=1S/C32H39N5O/c1-32(2,3)28-17-23(6-8-26(28)21-35-11-9-34(4)10-12-35)15-27(38)16-24-5-7-25-19-30-31-20-33-22-36(31)13-14-37(30)29(25)18-24/h5-8,17-20,22H,9-16,21H2,1-4H3. The maximum atomic E-state index is 13.2. The molecule has 2 aromatic heterocycles. The van der Waals surface area contributed by atoms with Gasteiger partial charge in [-0.3, -0.25) is 9.69 Å². The van der Waals surface area contributed by atoms with Crippen LogP contribution in [0.3, 0.4) is 0 Å². The molecule has 1 fully saturated rings. The quantitative estimate of drug-likeness (QED) is 0.370. The second-order valence-electron chi connectivity index (χ2n) is 12.3. The highest BCUT2D eigenvalue weighted by Crippen LogP contribution is 2.32. The second-order valence-corrected chi connectivity index (χ2v) is 12.3. The number of aromatic nitrogens is 3. The number of hydrogen-bond acceptors (Lipinski definition) is 4. The van der Waals surface area contributed by atoms with Crippen LogP contribution in [0.25, 0.3) is 22.3 Å². The average Bonchev–Trinajstić information content (AvgIpc) is 3.50. The van der Waals surface area contributed by atoms with Gasteiger partial charge >= 0.3 is 0 Å². The van der Waals surface area contributed by atoms with Crippen molar-refractivity contribution in [2.24, 2.45) is 0 Å². The molecule has 0 radical (unpaired) electrons. The lowest BCUT2D eigenvalue weighted by atomic mass is 9.82. The number of fused-ring (bicyclic) bond motifs is 5. The summed E-state index contributed by atoms with van der Waals surface area (Å²) >= 11 is 0. The normalized spacial score (nSPS) is 16.5.